The molecule has 0 aliphatic rings. The first-order chi connectivity index (χ1) is 4.70. The third-order valence-electron chi connectivity index (χ3n) is 0.867. The Hall–Kier alpha value is -1.01. The van der Waals surface area contributed by atoms with Crippen molar-refractivity contribution in [2.75, 3.05) is 6.61 Å². The van der Waals surface area contributed by atoms with Crippen LogP contribution >= 0.6 is 0 Å². The first-order valence-electron chi connectivity index (χ1n) is 2.94. The number of esters is 1. The van der Waals surface area contributed by atoms with E-state index in [0.29, 0.717) is 6.42 Å². The van der Waals surface area contributed by atoms with Gasteiger partial charge in [0.25, 0.3) is 0 Å². The zero-order valence-electron chi connectivity index (χ0n) is 5.83. The number of terminal acetylenes is 1. The highest BCUT2D eigenvalue weighted by atomic mass is 16.6. The zero-order chi connectivity index (χ0) is 7.98. The molecule has 3 nitrogen and oxygen atoms in total. The second-order valence-corrected chi connectivity index (χ2v) is 1.87. The van der Waals surface area contributed by atoms with Crippen LogP contribution in [0.5, 0.6) is 0 Å². The van der Waals surface area contributed by atoms with Crippen LogP contribution in [0, 0.1) is 12.3 Å². The molecule has 56 valence electrons. The van der Waals surface area contributed by atoms with E-state index in [0.717, 1.165) is 0 Å². The minimum atomic E-state index is -0.636. The molecule has 0 aromatic heterocycles. The number of rotatable bonds is 3. The Morgan fingerprint density at radius 3 is 2.90 bits per heavy atom. The van der Waals surface area contributed by atoms with E-state index in [-0.39, 0.29) is 6.10 Å². The molecule has 1 atom stereocenters. The van der Waals surface area contributed by atoms with Crippen LogP contribution < -0.4 is 0 Å². The van der Waals surface area contributed by atoms with Gasteiger partial charge in [0.1, 0.15) is 12.7 Å². The fourth-order valence-corrected chi connectivity index (χ4v) is 0.469. The lowest BCUT2D eigenvalue weighted by molar-refractivity contribution is -0.151. The molecule has 0 heterocycles. The maximum atomic E-state index is 10.4. The Kier molecular flexibility index (Phi) is 4.34. The summed E-state index contributed by atoms with van der Waals surface area (Å²) in [6.07, 6.45) is 5.02. The first kappa shape index (κ1) is 8.99. The number of aliphatic hydroxyl groups is 1. The largest absolute Gasteiger partial charge is 0.460 e. The molecule has 0 aliphatic carbocycles. The maximum absolute atomic E-state index is 10.4. The minimum Gasteiger partial charge on any atom is -0.460 e. The smallest absolute Gasteiger partial charge is 0.332 e. The summed E-state index contributed by atoms with van der Waals surface area (Å²) in [7, 11) is 0. The number of carbonyl (C=O) groups excluding carboxylic acids is 1. The van der Waals surface area contributed by atoms with Crippen molar-refractivity contribution < 1.29 is 14.6 Å². The first-order valence-corrected chi connectivity index (χ1v) is 2.94. The molecule has 0 radical (unpaired) electrons. The molecule has 0 spiro atoms. The van der Waals surface area contributed by atoms with E-state index in [4.69, 9.17) is 11.5 Å². The number of hydrogen-bond donors (Lipinski definition) is 1. The van der Waals surface area contributed by atoms with E-state index in [2.05, 4.69) is 10.7 Å². The highest BCUT2D eigenvalue weighted by Gasteiger charge is 2.05. The summed E-state index contributed by atoms with van der Waals surface area (Å²) >= 11 is 0. The Labute approximate surface area is 60.0 Å². The third kappa shape index (κ3) is 3.93. The fourth-order valence-electron chi connectivity index (χ4n) is 0.469. The Morgan fingerprint density at radius 2 is 2.50 bits per heavy atom. The van der Waals surface area contributed by atoms with Crippen LogP contribution in [0.1, 0.15) is 13.3 Å². The predicted molar refractivity (Wildman–Crippen MR) is 36.1 cm³/mol. The van der Waals surface area contributed by atoms with Crippen molar-refractivity contribution in [2.24, 2.45) is 0 Å². The summed E-state index contributed by atoms with van der Waals surface area (Å²) < 4.78 is 4.61. The zero-order valence-corrected chi connectivity index (χ0v) is 5.83. The van der Waals surface area contributed by atoms with Crippen molar-refractivity contribution >= 4 is 5.97 Å². The van der Waals surface area contributed by atoms with Gasteiger partial charge < -0.3 is 9.84 Å². The molecule has 0 rings (SSSR count). The van der Waals surface area contributed by atoms with Gasteiger partial charge in [-0.05, 0) is 6.92 Å². The Morgan fingerprint density at radius 1 is 1.90 bits per heavy atom. The van der Waals surface area contributed by atoms with Gasteiger partial charge in [-0.1, -0.05) is 0 Å². The van der Waals surface area contributed by atoms with Gasteiger partial charge in [-0.25, -0.2) is 4.79 Å². The summed E-state index contributed by atoms with van der Waals surface area (Å²) in [6.45, 7) is 1.09. The lowest BCUT2D eigenvalue weighted by Crippen LogP contribution is -2.16. The second-order valence-electron chi connectivity index (χ2n) is 1.87. The minimum absolute atomic E-state index is 0.301. The summed E-state index contributed by atoms with van der Waals surface area (Å²) in [6, 6.07) is 0. The normalized spacial score (nSPS) is 11.7. The lowest BCUT2D eigenvalue weighted by atomic mass is 10.3. The van der Waals surface area contributed by atoms with Crippen LogP contribution in [0.3, 0.4) is 0 Å². The van der Waals surface area contributed by atoms with Crippen LogP contribution in [0.15, 0.2) is 0 Å². The molecular weight excluding hydrogens is 132 g/mol. The molecule has 10 heavy (non-hydrogen) atoms. The van der Waals surface area contributed by atoms with Crippen molar-refractivity contribution in [1.82, 2.24) is 0 Å². The number of aliphatic hydroxyl groups excluding tert-OH is 1. The molecule has 0 saturated carbocycles. The van der Waals surface area contributed by atoms with Gasteiger partial charge in [0.05, 0.1) is 0 Å². The van der Waals surface area contributed by atoms with Crippen molar-refractivity contribution in [3.63, 3.8) is 0 Å². The van der Waals surface area contributed by atoms with Crippen LogP contribution in [0.4, 0.5) is 0 Å². The van der Waals surface area contributed by atoms with Crippen molar-refractivity contribution in [1.29, 1.82) is 0 Å². The van der Waals surface area contributed by atoms with Gasteiger partial charge in [-0.2, -0.15) is 0 Å². The summed E-state index contributed by atoms with van der Waals surface area (Å²) in [5.41, 5.74) is 0. The van der Waals surface area contributed by atoms with E-state index in [1.54, 1.807) is 6.92 Å². The molecule has 0 saturated heterocycles. The molecule has 1 unspecified atom stereocenters. The van der Waals surface area contributed by atoms with Crippen molar-refractivity contribution in [3.8, 4) is 12.3 Å². The summed E-state index contributed by atoms with van der Waals surface area (Å²) in [5.74, 6) is 1.70. The van der Waals surface area contributed by atoms with Crippen LogP contribution in [-0.4, -0.2) is 23.8 Å². The SMILES string of the molecule is C#CCC(C)OC(=O)CO. The average Bonchev–Trinajstić information content (AvgIpc) is 1.88. The quantitative estimate of drug-likeness (QED) is 0.443. The van der Waals surface area contributed by atoms with Gasteiger partial charge in [-0.3, -0.25) is 0 Å². The van der Waals surface area contributed by atoms with E-state index in [1.807, 2.05) is 0 Å². The van der Waals surface area contributed by atoms with Crippen molar-refractivity contribution in [2.45, 2.75) is 19.4 Å². The van der Waals surface area contributed by atoms with Gasteiger partial charge in [0.2, 0.25) is 0 Å². The highest BCUT2D eigenvalue weighted by Crippen LogP contribution is 1.94. The van der Waals surface area contributed by atoms with E-state index < -0.39 is 12.6 Å². The molecule has 0 aromatic carbocycles. The standard InChI is InChI=1S/C7H10O3/c1-3-4-6(2)10-7(9)5-8/h1,6,8H,4-5H2,2H3. The molecule has 0 amide bonds. The van der Waals surface area contributed by atoms with Crippen LogP contribution in [0.2, 0.25) is 0 Å². The topological polar surface area (TPSA) is 46.5 Å². The molecular formula is C7H10O3. The van der Waals surface area contributed by atoms with Gasteiger partial charge in [0, 0.05) is 6.42 Å². The van der Waals surface area contributed by atoms with Gasteiger partial charge in [-0.15, -0.1) is 12.3 Å². The average molecular weight is 142 g/mol. The van der Waals surface area contributed by atoms with Gasteiger partial charge in [0.15, 0.2) is 0 Å². The molecule has 0 fully saturated rings. The van der Waals surface area contributed by atoms with Crippen LogP contribution in [0.25, 0.3) is 0 Å². The third-order valence-corrected chi connectivity index (χ3v) is 0.867. The molecule has 1 N–H and O–H groups in total. The van der Waals surface area contributed by atoms with E-state index in [9.17, 15) is 4.79 Å². The fraction of sp³-hybridized carbons (Fsp3) is 0.571. The van der Waals surface area contributed by atoms with Gasteiger partial charge >= 0.3 is 5.97 Å². The lowest BCUT2D eigenvalue weighted by Gasteiger charge is -2.07. The maximum Gasteiger partial charge on any atom is 0.332 e. The Bertz CT molecular complexity index is 145. The van der Waals surface area contributed by atoms with Crippen LogP contribution in [-0.2, 0) is 9.53 Å². The number of hydrogen-bond acceptors (Lipinski definition) is 3. The summed E-state index contributed by atoms with van der Waals surface area (Å²) in [5, 5.41) is 8.23. The Balaban J connectivity index is 3.49. The van der Waals surface area contributed by atoms with E-state index in [1.165, 1.54) is 0 Å². The second kappa shape index (κ2) is 4.83. The number of ether oxygens (including phenoxy) is 1. The molecule has 3 heteroatoms. The predicted octanol–water partition coefficient (Wildman–Crippen LogP) is -0.0663. The van der Waals surface area contributed by atoms with Crippen molar-refractivity contribution in [3.05, 3.63) is 0 Å². The highest BCUT2D eigenvalue weighted by molar-refractivity contribution is 5.70. The molecule has 0 bridgehead atoms. The summed E-state index contributed by atoms with van der Waals surface area (Å²) in [4.78, 5) is 10.4. The monoisotopic (exact) mass is 142 g/mol. The molecule has 0 aliphatic heterocycles. The molecule has 0 aromatic rings. The van der Waals surface area contributed by atoms with E-state index >= 15 is 0 Å². The number of carbonyl (C=O) groups is 1.